The maximum absolute atomic E-state index is 12.5. The predicted octanol–water partition coefficient (Wildman–Crippen LogP) is 0.269. The molecule has 142 valence electrons. The van der Waals surface area contributed by atoms with Crippen molar-refractivity contribution in [3.63, 3.8) is 0 Å². The number of amides is 1. The van der Waals surface area contributed by atoms with E-state index in [-0.39, 0.29) is 18.5 Å². The highest BCUT2D eigenvalue weighted by atomic mass is 16.5. The van der Waals surface area contributed by atoms with E-state index < -0.39 is 29.9 Å². The molecule has 1 N–H and O–H groups in total. The number of hydrogen-bond acceptors (Lipinski definition) is 5. The van der Waals surface area contributed by atoms with Gasteiger partial charge in [0.15, 0.2) is 6.10 Å². The lowest BCUT2D eigenvalue weighted by atomic mass is 10.2. The Morgan fingerprint density at radius 3 is 2.56 bits per heavy atom. The standard InChI is InChI=1S/C19H21N3O5/c1-13(18(25)20-15-7-8-15)27-17(24)12-22-16(23)9-10-21(19(22)26)11-14-5-3-2-4-6-14/h2-6,9-10,13,15H,7-8,11-12H2,1H3,(H,20,25)/t13-/m0/s1. The Kier molecular flexibility index (Phi) is 5.54. The fourth-order valence-electron chi connectivity index (χ4n) is 2.57. The average Bonchev–Trinajstić information content (AvgIpc) is 3.46. The molecule has 1 aliphatic carbocycles. The van der Waals surface area contributed by atoms with Crippen molar-refractivity contribution in [1.29, 1.82) is 0 Å². The second-order valence-electron chi connectivity index (χ2n) is 6.55. The fraction of sp³-hybridized carbons (Fsp3) is 0.368. The van der Waals surface area contributed by atoms with E-state index in [1.165, 1.54) is 23.8 Å². The third-order valence-electron chi connectivity index (χ3n) is 4.22. The second-order valence-corrected chi connectivity index (χ2v) is 6.55. The molecule has 0 unspecified atom stereocenters. The van der Waals surface area contributed by atoms with Gasteiger partial charge in [-0.05, 0) is 25.3 Å². The van der Waals surface area contributed by atoms with E-state index in [9.17, 15) is 19.2 Å². The van der Waals surface area contributed by atoms with Crippen LogP contribution in [-0.4, -0.2) is 33.2 Å². The van der Waals surface area contributed by atoms with Gasteiger partial charge in [0.05, 0.1) is 6.54 Å². The van der Waals surface area contributed by atoms with Crippen LogP contribution in [0.4, 0.5) is 0 Å². The first-order chi connectivity index (χ1) is 12.9. The number of rotatable bonds is 7. The monoisotopic (exact) mass is 371 g/mol. The summed E-state index contributed by atoms with van der Waals surface area (Å²) in [6, 6.07) is 10.7. The number of hydrogen-bond donors (Lipinski definition) is 1. The van der Waals surface area contributed by atoms with Gasteiger partial charge in [0.2, 0.25) is 0 Å². The number of ether oxygens (including phenoxy) is 1. The number of carbonyl (C=O) groups is 2. The van der Waals surface area contributed by atoms with Crippen LogP contribution in [0.25, 0.3) is 0 Å². The highest BCUT2D eigenvalue weighted by Crippen LogP contribution is 2.18. The van der Waals surface area contributed by atoms with Crippen molar-refractivity contribution < 1.29 is 14.3 Å². The minimum Gasteiger partial charge on any atom is -0.451 e. The Bertz CT molecular complexity index is 944. The van der Waals surface area contributed by atoms with Gasteiger partial charge in [-0.25, -0.2) is 9.36 Å². The van der Waals surface area contributed by atoms with Crippen molar-refractivity contribution in [3.05, 3.63) is 69.0 Å². The average molecular weight is 371 g/mol. The van der Waals surface area contributed by atoms with Crippen LogP contribution >= 0.6 is 0 Å². The van der Waals surface area contributed by atoms with Gasteiger partial charge in [-0.15, -0.1) is 0 Å². The molecule has 8 nitrogen and oxygen atoms in total. The van der Waals surface area contributed by atoms with E-state index in [2.05, 4.69) is 5.32 Å². The van der Waals surface area contributed by atoms with Gasteiger partial charge in [0.1, 0.15) is 6.54 Å². The first kappa shape index (κ1) is 18.6. The first-order valence-electron chi connectivity index (χ1n) is 8.78. The Labute approximate surface area is 155 Å². The molecule has 1 aliphatic rings. The minimum atomic E-state index is -0.982. The molecule has 2 aromatic rings. The summed E-state index contributed by atoms with van der Waals surface area (Å²) in [6.07, 6.45) is 2.26. The lowest BCUT2D eigenvalue weighted by Crippen LogP contribution is -2.43. The summed E-state index contributed by atoms with van der Waals surface area (Å²) in [5.41, 5.74) is -0.326. The summed E-state index contributed by atoms with van der Waals surface area (Å²) < 4.78 is 7.20. The van der Waals surface area contributed by atoms with Crippen LogP contribution in [0, 0.1) is 0 Å². The van der Waals surface area contributed by atoms with Gasteiger partial charge < -0.3 is 10.1 Å². The highest BCUT2D eigenvalue weighted by molar-refractivity contribution is 5.83. The topological polar surface area (TPSA) is 99.4 Å². The van der Waals surface area contributed by atoms with Crippen molar-refractivity contribution in [2.75, 3.05) is 0 Å². The van der Waals surface area contributed by atoms with E-state index in [0.29, 0.717) is 0 Å². The van der Waals surface area contributed by atoms with Crippen molar-refractivity contribution >= 4 is 11.9 Å². The van der Waals surface area contributed by atoms with Gasteiger partial charge in [-0.1, -0.05) is 30.3 Å². The molecule has 0 saturated heterocycles. The van der Waals surface area contributed by atoms with Crippen LogP contribution in [0.15, 0.2) is 52.2 Å². The molecule has 1 heterocycles. The molecule has 1 aromatic heterocycles. The largest absolute Gasteiger partial charge is 0.451 e. The van der Waals surface area contributed by atoms with Crippen molar-refractivity contribution in [3.8, 4) is 0 Å². The van der Waals surface area contributed by atoms with E-state index in [1.54, 1.807) is 0 Å². The molecule has 8 heteroatoms. The normalized spacial score (nSPS) is 14.4. The van der Waals surface area contributed by atoms with E-state index in [1.807, 2.05) is 30.3 Å². The highest BCUT2D eigenvalue weighted by Gasteiger charge is 2.27. The molecule has 0 radical (unpaired) electrons. The molecule has 0 bridgehead atoms. The third kappa shape index (κ3) is 4.93. The third-order valence-corrected chi connectivity index (χ3v) is 4.22. The number of nitrogens with one attached hydrogen (secondary N) is 1. The zero-order valence-corrected chi connectivity index (χ0v) is 15.0. The molecule has 1 atom stereocenters. The Morgan fingerprint density at radius 2 is 1.89 bits per heavy atom. The summed E-state index contributed by atoms with van der Waals surface area (Å²) in [6.45, 7) is 1.18. The van der Waals surface area contributed by atoms with Gasteiger partial charge >= 0.3 is 11.7 Å². The molecule has 3 rings (SSSR count). The predicted molar refractivity (Wildman–Crippen MR) is 97.2 cm³/mol. The SMILES string of the molecule is C[C@H](OC(=O)Cn1c(=O)ccn(Cc2ccccc2)c1=O)C(=O)NC1CC1. The Hall–Kier alpha value is -3.16. The summed E-state index contributed by atoms with van der Waals surface area (Å²) in [5, 5.41) is 2.73. The zero-order valence-electron chi connectivity index (χ0n) is 15.0. The molecule has 1 amide bonds. The number of nitrogens with zero attached hydrogens (tertiary/aromatic N) is 2. The van der Waals surface area contributed by atoms with Crippen LogP contribution in [0.5, 0.6) is 0 Å². The molecule has 0 spiro atoms. The summed E-state index contributed by atoms with van der Waals surface area (Å²) in [5.74, 6) is -1.20. The van der Waals surface area contributed by atoms with Crippen molar-refractivity contribution in [1.82, 2.24) is 14.5 Å². The van der Waals surface area contributed by atoms with Gasteiger partial charge in [0.25, 0.3) is 11.5 Å². The van der Waals surface area contributed by atoms with E-state index in [4.69, 9.17) is 4.74 Å². The number of aromatic nitrogens is 2. The molecular formula is C19H21N3O5. The first-order valence-corrected chi connectivity index (χ1v) is 8.78. The fourth-order valence-corrected chi connectivity index (χ4v) is 2.57. The van der Waals surface area contributed by atoms with Crippen LogP contribution < -0.4 is 16.6 Å². The summed E-state index contributed by atoms with van der Waals surface area (Å²) in [7, 11) is 0. The maximum atomic E-state index is 12.5. The lowest BCUT2D eigenvalue weighted by Gasteiger charge is -2.14. The minimum absolute atomic E-state index is 0.153. The summed E-state index contributed by atoms with van der Waals surface area (Å²) >= 11 is 0. The molecule has 1 saturated carbocycles. The number of esters is 1. The molecular weight excluding hydrogens is 350 g/mol. The molecule has 27 heavy (non-hydrogen) atoms. The second kappa shape index (κ2) is 8.03. The maximum Gasteiger partial charge on any atom is 0.331 e. The number of carbonyl (C=O) groups excluding carboxylic acids is 2. The number of benzene rings is 1. The summed E-state index contributed by atoms with van der Waals surface area (Å²) in [4.78, 5) is 48.5. The van der Waals surface area contributed by atoms with Gasteiger partial charge in [0, 0.05) is 18.3 Å². The van der Waals surface area contributed by atoms with Crippen molar-refractivity contribution in [2.45, 2.75) is 45.0 Å². The van der Waals surface area contributed by atoms with Crippen LogP contribution in [0.2, 0.25) is 0 Å². The van der Waals surface area contributed by atoms with E-state index in [0.717, 1.165) is 23.0 Å². The van der Waals surface area contributed by atoms with Crippen LogP contribution in [0.3, 0.4) is 0 Å². The van der Waals surface area contributed by atoms with Gasteiger partial charge in [-0.3, -0.25) is 19.0 Å². The zero-order chi connectivity index (χ0) is 19.4. The quantitative estimate of drug-likeness (QED) is 0.704. The smallest absolute Gasteiger partial charge is 0.331 e. The molecule has 1 fully saturated rings. The van der Waals surface area contributed by atoms with Gasteiger partial charge in [-0.2, -0.15) is 0 Å². The van der Waals surface area contributed by atoms with Crippen molar-refractivity contribution in [2.24, 2.45) is 0 Å². The van der Waals surface area contributed by atoms with Crippen LogP contribution in [0.1, 0.15) is 25.3 Å². The van der Waals surface area contributed by atoms with E-state index >= 15 is 0 Å². The Balaban J connectivity index is 1.69. The Morgan fingerprint density at radius 1 is 1.19 bits per heavy atom. The molecule has 1 aromatic carbocycles. The van der Waals surface area contributed by atoms with Crippen LogP contribution in [-0.2, 0) is 27.4 Å². The molecule has 0 aliphatic heterocycles. The lowest BCUT2D eigenvalue weighted by molar-refractivity contribution is -0.155.